The van der Waals surface area contributed by atoms with Crippen LogP contribution in [0.15, 0.2) is 46.9 Å². The largest absolute Gasteiger partial charge is 0.451 e. The summed E-state index contributed by atoms with van der Waals surface area (Å²) in [6.07, 6.45) is 4.02. The molecule has 2 aromatic carbocycles. The van der Waals surface area contributed by atoms with Crippen molar-refractivity contribution in [2.45, 2.75) is 39.3 Å². The first-order valence-electron chi connectivity index (χ1n) is 9.98. The summed E-state index contributed by atoms with van der Waals surface area (Å²) in [5.74, 6) is -0.378. The van der Waals surface area contributed by atoms with E-state index in [1.165, 1.54) is 50.0 Å². The quantitative estimate of drug-likeness (QED) is 0.712. The van der Waals surface area contributed by atoms with Crippen molar-refractivity contribution >= 4 is 16.9 Å². The number of carbonyl (C=O) groups is 1. The Bertz CT molecular complexity index is 972. The number of amides is 1. The molecule has 0 bridgehead atoms. The Morgan fingerprint density at radius 3 is 2.54 bits per heavy atom. The lowest BCUT2D eigenvalue weighted by Gasteiger charge is -2.23. The topological polar surface area (TPSA) is 46.7 Å². The number of aryl methyl sites for hydroxylation is 1. The summed E-state index contributed by atoms with van der Waals surface area (Å²) in [4.78, 5) is 14.2. The van der Waals surface area contributed by atoms with Gasteiger partial charge in [0.15, 0.2) is 5.76 Å². The second-order valence-electron chi connectivity index (χ2n) is 7.68. The number of quaternary nitrogens is 1. The molecular formula is C23H26FN2O2+. The molecule has 28 heavy (non-hydrogen) atoms. The predicted octanol–water partition coefficient (Wildman–Crippen LogP) is 3.38. The summed E-state index contributed by atoms with van der Waals surface area (Å²) < 4.78 is 19.1. The van der Waals surface area contributed by atoms with Gasteiger partial charge in [-0.05, 0) is 49.9 Å². The van der Waals surface area contributed by atoms with Gasteiger partial charge in [0.25, 0.3) is 5.91 Å². The van der Waals surface area contributed by atoms with E-state index in [0.29, 0.717) is 23.1 Å². The van der Waals surface area contributed by atoms with Gasteiger partial charge in [-0.2, -0.15) is 0 Å². The lowest BCUT2D eigenvalue weighted by molar-refractivity contribution is -0.918. The van der Waals surface area contributed by atoms with Gasteiger partial charge in [-0.25, -0.2) is 4.39 Å². The maximum absolute atomic E-state index is 13.4. The first-order valence-corrected chi connectivity index (χ1v) is 9.98. The normalized spacial score (nSPS) is 15.1. The summed E-state index contributed by atoms with van der Waals surface area (Å²) >= 11 is 0. The molecule has 2 heterocycles. The van der Waals surface area contributed by atoms with Crippen LogP contribution in [0.3, 0.4) is 0 Å². The number of carbonyl (C=O) groups excluding carboxylic acids is 1. The summed E-state index contributed by atoms with van der Waals surface area (Å²) in [5.41, 5.74) is 3.56. The number of piperidine rings is 1. The SMILES string of the molecule is Cc1c(C(=O)NCc2ccc(C[NH+]3CCCCC3)cc2)oc2ccc(F)cc12. The fraction of sp³-hybridized carbons (Fsp3) is 0.348. The maximum atomic E-state index is 13.4. The molecule has 1 aliphatic heterocycles. The van der Waals surface area contributed by atoms with Crippen molar-refractivity contribution in [3.05, 3.63) is 70.7 Å². The van der Waals surface area contributed by atoms with Gasteiger partial charge in [0.2, 0.25) is 0 Å². The number of benzene rings is 2. The van der Waals surface area contributed by atoms with Crippen LogP contribution in [0.2, 0.25) is 0 Å². The van der Waals surface area contributed by atoms with E-state index < -0.39 is 0 Å². The van der Waals surface area contributed by atoms with Gasteiger partial charge in [0, 0.05) is 23.1 Å². The van der Waals surface area contributed by atoms with Crippen molar-refractivity contribution < 1.29 is 18.5 Å². The Labute approximate surface area is 164 Å². The Morgan fingerprint density at radius 1 is 1.07 bits per heavy atom. The van der Waals surface area contributed by atoms with E-state index in [9.17, 15) is 9.18 Å². The molecule has 2 N–H and O–H groups in total. The Hall–Kier alpha value is -2.66. The van der Waals surface area contributed by atoms with Crippen molar-refractivity contribution in [2.75, 3.05) is 13.1 Å². The molecular weight excluding hydrogens is 355 g/mol. The van der Waals surface area contributed by atoms with E-state index in [1.807, 2.05) is 0 Å². The van der Waals surface area contributed by atoms with Gasteiger partial charge >= 0.3 is 0 Å². The van der Waals surface area contributed by atoms with Crippen LogP contribution in [-0.2, 0) is 13.1 Å². The summed E-state index contributed by atoms with van der Waals surface area (Å²) in [7, 11) is 0. The van der Waals surface area contributed by atoms with Crippen molar-refractivity contribution in [3.8, 4) is 0 Å². The van der Waals surface area contributed by atoms with E-state index in [0.717, 1.165) is 12.1 Å². The number of fused-ring (bicyclic) bond motifs is 1. The Balaban J connectivity index is 1.37. The molecule has 4 rings (SSSR count). The molecule has 0 aliphatic carbocycles. The van der Waals surface area contributed by atoms with E-state index in [1.54, 1.807) is 17.9 Å². The molecule has 4 nitrogen and oxygen atoms in total. The predicted molar refractivity (Wildman–Crippen MR) is 107 cm³/mol. The maximum Gasteiger partial charge on any atom is 0.287 e. The number of hydrogen-bond acceptors (Lipinski definition) is 2. The van der Waals surface area contributed by atoms with Crippen LogP contribution < -0.4 is 10.2 Å². The minimum absolute atomic E-state index is 0.242. The highest BCUT2D eigenvalue weighted by Crippen LogP contribution is 2.26. The second-order valence-corrected chi connectivity index (χ2v) is 7.68. The molecule has 5 heteroatoms. The molecule has 0 atom stereocenters. The number of halogens is 1. The van der Waals surface area contributed by atoms with Gasteiger partial charge in [-0.15, -0.1) is 0 Å². The summed E-state index contributed by atoms with van der Waals surface area (Å²) in [6.45, 7) is 5.80. The van der Waals surface area contributed by atoms with Crippen LogP contribution in [0.4, 0.5) is 4.39 Å². The lowest BCUT2D eigenvalue weighted by atomic mass is 10.1. The average Bonchev–Trinajstić information content (AvgIpc) is 3.04. The van der Waals surface area contributed by atoms with Crippen LogP contribution in [-0.4, -0.2) is 19.0 Å². The molecule has 3 aromatic rings. The lowest BCUT2D eigenvalue weighted by Crippen LogP contribution is -3.11. The zero-order valence-electron chi connectivity index (χ0n) is 16.2. The number of nitrogens with one attached hydrogen (secondary N) is 2. The highest BCUT2D eigenvalue weighted by atomic mass is 19.1. The molecule has 0 unspecified atom stereocenters. The Morgan fingerprint density at radius 2 is 1.79 bits per heavy atom. The van der Waals surface area contributed by atoms with Crippen molar-refractivity contribution in [1.29, 1.82) is 0 Å². The fourth-order valence-electron chi connectivity index (χ4n) is 3.96. The molecule has 1 amide bonds. The highest BCUT2D eigenvalue weighted by molar-refractivity contribution is 5.98. The van der Waals surface area contributed by atoms with E-state index >= 15 is 0 Å². The molecule has 1 fully saturated rings. The van der Waals surface area contributed by atoms with Crippen LogP contribution in [0.1, 0.15) is 46.5 Å². The first kappa shape index (κ1) is 18.7. The second kappa shape index (κ2) is 8.15. The molecule has 0 radical (unpaired) electrons. The van der Waals surface area contributed by atoms with Crippen LogP contribution in [0.5, 0.6) is 0 Å². The minimum Gasteiger partial charge on any atom is -0.451 e. The molecule has 1 aromatic heterocycles. The number of furan rings is 1. The van der Waals surface area contributed by atoms with Gasteiger partial charge < -0.3 is 14.6 Å². The van der Waals surface area contributed by atoms with E-state index in [-0.39, 0.29) is 17.5 Å². The van der Waals surface area contributed by atoms with Crippen molar-refractivity contribution in [1.82, 2.24) is 5.32 Å². The van der Waals surface area contributed by atoms with Crippen LogP contribution in [0, 0.1) is 12.7 Å². The van der Waals surface area contributed by atoms with Gasteiger partial charge in [0.1, 0.15) is 17.9 Å². The molecule has 1 saturated heterocycles. The van der Waals surface area contributed by atoms with Gasteiger partial charge in [-0.1, -0.05) is 24.3 Å². The monoisotopic (exact) mass is 381 g/mol. The van der Waals surface area contributed by atoms with Gasteiger partial charge in [0.05, 0.1) is 13.1 Å². The summed E-state index contributed by atoms with van der Waals surface area (Å²) in [5, 5.41) is 3.53. The Kier molecular flexibility index (Phi) is 5.44. The van der Waals surface area contributed by atoms with E-state index in [4.69, 9.17) is 4.42 Å². The molecule has 0 spiro atoms. The highest BCUT2D eigenvalue weighted by Gasteiger charge is 2.18. The standard InChI is InChI=1S/C23H25FN2O2/c1-16-20-13-19(24)9-10-21(20)28-22(16)23(27)25-14-17-5-7-18(8-6-17)15-26-11-3-2-4-12-26/h5-10,13H,2-4,11-12,14-15H2,1H3,(H,25,27)/p+1. The van der Waals surface area contributed by atoms with Crippen molar-refractivity contribution in [3.63, 3.8) is 0 Å². The van der Waals surface area contributed by atoms with Crippen LogP contribution in [0.25, 0.3) is 11.0 Å². The van der Waals surface area contributed by atoms with Crippen LogP contribution >= 0.6 is 0 Å². The van der Waals surface area contributed by atoms with Gasteiger partial charge in [-0.3, -0.25) is 4.79 Å². The van der Waals surface area contributed by atoms with E-state index in [2.05, 4.69) is 29.6 Å². The number of likely N-dealkylation sites (tertiary alicyclic amines) is 1. The fourth-order valence-corrected chi connectivity index (χ4v) is 3.96. The third kappa shape index (κ3) is 4.09. The molecule has 0 saturated carbocycles. The average molecular weight is 381 g/mol. The molecule has 146 valence electrons. The zero-order chi connectivity index (χ0) is 19.5. The smallest absolute Gasteiger partial charge is 0.287 e. The third-order valence-electron chi connectivity index (χ3n) is 5.60. The minimum atomic E-state index is -0.338. The number of hydrogen-bond donors (Lipinski definition) is 2. The zero-order valence-corrected chi connectivity index (χ0v) is 16.2. The summed E-state index contributed by atoms with van der Waals surface area (Å²) in [6, 6.07) is 12.7. The number of rotatable bonds is 5. The van der Waals surface area contributed by atoms with Crippen molar-refractivity contribution in [2.24, 2.45) is 0 Å². The first-order chi connectivity index (χ1) is 13.6. The molecule has 1 aliphatic rings. The third-order valence-corrected chi connectivity index (χ3v) is 5.60.